The van der Waals surface area contributed by atoms with Crippen molar-refractivity contribution in [3.8, 4) is 0 Å². The molecular formula is C5H13OSiW. The van der Waals surface area contributed by atoms with Gasteiger partial charge in [0.1, 0.15) is 0 Å². The van der Waals surface area contributed by atoms with E-state index in [2.05, 4.69) is 13.1 Å². The van der Waals surface area contributed by atoms with Crippen LogP contribution < -0.4 is 0 Å². The summed E-state index contributed by atoms with van der Waals surface area (Å²) in [6.07, 6.45) is 1.00. The number of rotatable bonds is 3. The fourth-order valence-corrected chi connectivity index (χ4v) is 1.30. The third kappa shape index (κ3) is 9.98. The number of hydrogen-bond donors (Lipinski definition) is 1. The first kappa shape index (κ1) is 11.6. The molecule has 0 aromatic heterocycles. The fourth-order valence-electron chi connectivity index (χ4n) is 0.433. The van der Waals surface area contributed by atoms with Crippen molar-refractivity contribution in [3.05, 3.63) is 0 Å². The van der Waals surface area contributed by atoms with Crippen molar-refractivity contribution < 1.29 is 26.2 Å². The van der Waals surface area contributed by atoms with E-state index in [1.807, 2.05) is 0 Å². The first-order valence-corrected chi connectivity index (χ1v) is 5.38. The average molecular weight is 301 g/mol. The van der Waals surface area contributed by atoms with E-state index < -0.39 is 0 Å². The number of aliphatic hydroxyl groups excluding tert-OH is 1. The maximum atomic E-state index is 8.33. The normalized spacial score (nSPS) is 9.00. The van der Waals surface area contributed by atoms with Crippen LogP contribution >= 0.6 is 0 Å². The van der Waals surface area contributed by atoms with Crippen LogP contribution in [0.1, 0.15) is 6.42 Å². The summed E-state index contributed by atoms with van der Waals surface area (Å²) >= 11 is 0. The summed E-state index contributed by atoms with van der Waals surface area (Å²) in [6, 6.07) is 1.25. The Bertz CT molecular complexity index is 41.4. The van der Waals surface area contributed by atoms with Crippen LogP contribution in [-0.4, -0.2) is 20.5 Å². The van der Waals surface area contributed by atoms with Crippen LogP contribution in [-0.2, 0) is 21.1 Å². The third-order valence-electron chi connectivity index (χ3n) is 0.835. The van der Waals surface area contributed by atoms with Gasteiger partial charge in [0, 0.05) is 36.5 Å². The molecule has 0 amide bonds. The molecule has 3 heteroatoms. The largest absolute Gasteiger partial charge is 0.396 e. The summed E-state index contributed by atoms with van der Waals surface area (Å²) in [6.45, 7) is 4.90. The van der Waals surface area contributed by atoms with Gasteiger partial charge in [0.25, 0.3) is 0 Å². The standard InChI is InChI=1S/C5H13OSi.W/c1-7(2)5-3-4-6;/h6H,3-5H2,1-2H3;. The van der Waals surface area contributed by atoms with Crippen molar-refractivity contribution >= 4 is 8.80 Å². The molecule has 0 aliphatic rings. The van der Waals surface area contributed by atoms with Gasteiger partial charge in [-0.05, 0) is 6.42 Å². The summed E-state index contributed by atoms with van der Waals surface area (Å²) < 4.78 is 0. The molecule has 0 saturated heterocycles. The average Bonchev–Trinajstić information content (AvgIpc) is 1.61. The molecule has 49 valence electrons. The van der Waals surface area contributed by atoms with Crippen molar-refractivity contribution in [1.82, 2.24) is 0 Å². The SMILES string of the molecule is C[Si](C)CCCO.[W]. The van der Waals surface area contributed by atoms with Gasteiger partial charge in [0.2, 0.25) is 0 Å². The van der Waals surface area contributed by atoms with E-state index in [0.717, 1.165) is 6.42 Å². The van der Waals surface area contributed by atoms with Crippen molar-refractivity contribution in [2.75, 3.05) is 6.61 Å². The Morgan fingerprint density at radius 2 is 1.88 bits per heavy atom. The van der Waals surface area contributed by atoms with Gasteiger partial charge in [-0.2, -0.15) is 0 Å². The molecule has 8 heavy (non-hydrogen) atoms. The van der Waals surface area contributed by atoms with Crippen molar-refractivity contribution in [3.63, 3.8) is 0 Å². The first-order chi connectivity index (χ1) is 3.27. The molecule has 0 aliphatic heterocycles. The van der Waals surface area contributed by atoms with E-state index in [1.165, 1.54) is 6.04 Å². The van der Waals surface area contributed by atoms with E-state index in [-0.39, 0.29) is 29.9 Å². The summed E-state index contributed by atoms with van der Waals surface area (Å²) in [7, 11) is -0.0573. The summed E-state index contributed by atoms with van der Waals surface area (Å²) in [5, 5.41) is 8.33. The molecule has 0 fully saturated rings. The van der Waals surface area contributed by atoms with Crippen LogP contribution in [0.15, 0.2) is 0 Å². The second kappa shape index (κ2) is 7.87. The zero-order chi connectivity index (χ0) is 5.70. The van der Waals surface area contributed by atoms with E-state index in [0.29, 0.717) is 6.61 Å². The van der Waals surface area contributed by atoms with Crippen LogP contribution in [0.4, 0.5) is 0 Å². The minimum Gasteiger partial charge on any atom is -0.396 e. The van der Waals surface area contributed by atoms with Gasteiger partial charge in [-0.25, -0.2) is 0 Å². The van der Waals surface area contributed by atoms with Crippen molar-refractivity contribution in [2.24, 2.45) is 0 Å². The minimum absolute atomic E-state index is 0. The smallest absolute Gasteiger partial charge is 0.0428 e. The summed E-state index contributed by atoms with van der Waals surface area (Å²) in [5.41, 5.74) is 0. The maximum absolute atomic E-state index is 8.33. The Hall–Kier alpha value is 0.865. The van der Waals surface area contributed by atoms with Gasteiger partial charge >= 0.3 is 0 Å². The van der Waals surface area contributed by atoms with Crippen LogP contribution in [0.2, 0.25) is 19.1 Å². The van der Waals surface area contributed by atoms with Crippen LogP contribution in [0.25, 0.3) is 0 Å². The van der Waals surface area contributed by atoms with Gasteiger partial charge in [0.05, 0.1) is 0 Å². The summed E-state index contributed by atoms with van der Waals surface area (Å²) in [4.78, 5) is 0. The molecule has 1 N–H and O–H groups in total. The van der Waals surface area contributed by atoms with Crippen LogP contribution in [0.5, 0.6) is 0 Å². The Kier molecular flexibility index (Phi) is 11.4. The predicted molar refractivity (Wildman–Crippen MR) is 34.0 cm³/mol. The fraction of sp³-hybridized carbons (Fsp3) is 1.00. The van der Waals surface area contributed by atoms with E-state index in [4.69, 9.17) is 5.11 Å². The van der Waals surface area contributed by atoms with Gasteiger partial charge < -0.3 is 5.11 Å². The molecular weight excluding hydrogens is 288 g/mol. The first-order valence-electron chi connectivity index (χ1n) is 2.67. The van der Waals surface area contributed by atoms with E-state index in [9.17, 15) is 0 Å². The van der Waals surface area contributed by atoms with E-state index >= 15 is 0 Å². The molecule has 0 atom stereocenters. The molecule has 0 rings (SSSR count). The zero-order valence-electron chi connectivity index (χ0n) is 5.48. The molecule has 0 saturated carbocycles. The van der Waals surface area contributed by atoms with Gasteiger partial charge in [0.15, 0.2) is 0 Å². The molecule has 1 nitrogen and oxygen atoms in total. The molecule has 0 aromatic carbocycles. The summed E-state index contributed by atoms with van der Waals surface area (Å²) in [5.74, 6) is 0. The zero-order valence-corrected chi connectivity index (χ0v) is 9.41. The number of aliphatic hydroxyl groups is 1. The molecule has 0 unspecified atom stereocenters. The molecule has 0 bridgehead atoms. The Morgan fingerprint density at radius 1 is 1.38 bits per heavy atom. The number of hydrogen-bond acceptors (Lipinski definition) is 1. The molecule has 1 radical (unpaired) electrons. The van der Waals surface area contributed by atoms with Crippen molar-refractivity contribution in [2.45, 2.75) is 25.6 Å². The minimum atomic E-state index is -0.0573. The van der Waals surface area contributed by atoms with Crippen molar-refractivity contribution in [1.29, 1.82) is 0 Å². The van der Waals surface area contributed by atoms with Gasteiger partial charge in [-0.1, -0.05) is 19.1 Å². The molecule has 0 heterocycles. The van der Waals surface area contributed by atoms with E-state index in [1.54, 1.807) is 0 Å². The Balaban J connectivity index is 0. The topological polar surface area (TPSA) is 20.2 Å². The van der Waals surface area contributed by atoms with Gasteiger partial charge in [-0.15, -0.1) is 0 Å². The van der Waals surface area contributed by atoms with Crippen LogP contribution in [0, 0.1) is 0 Å². The predicted octanol–water partition coefficient (Wildman–Crippen LogP) is 1.12. The van der Waals surface area contributed by atoms with Gasteiger partial charge in [-0.3, -0.25) is 0 Å². The second-order valence-corrected chi connectivity index (χ2v) is 4.95. The monoisotopic (exact) mass is 301 g/mol. The maximum Gasteiger partial charge on any atom is 0.0428 e. The molecule has 0 spiro atoms. The Labute approximate surface area is 67.4 Å². The van der Waals surface area contributed by atoms with Crippen LogP contribution in [0.3, 0.4) is 0 Å². The second-order valence-electron chi connectivity index (χ2n) is 2.03. The Morgan fingerprint density at radius 3 is 2.00 bits per heavy atom. The third-order valence-corrected chi connectivity index (χ3v) is 2.19. The molecule has 0 aromatic rings. The molecule has 0 aliphatic carbocycles. The quantitative estimate of drug-likeness (QED) is 0.775.